The highest BCUT2D eigenvalue weighted by atomic mass is 35.5. The van der Waals surface area contributed by atoms with Gasteiger partial charge in [0.1, 0.15) is 0 Å². The molecule has 0 radical (unpaired) electrons. The molecule has 6 nitrogen and oxygen atoms in total. The topological polar surface area (TPSA) is 60.0 Å². The smallest absolute Gasteiger partial charge is 0.254 e. The van der Waals surface area contributed by atoms with Gasteiger partial charge in [-0.25, -0.2) is 0 Å². The van der Waals surface area contributed by atoms with Gasteiger partial charge in [0.25, 0.3) is 5.91 Å². The molecule has 0 bridgehead atoms. The number of carbonyl (C=O) groups is 1. The molecule has 172 valence electrons. The van der Waals surface area contributed by atoms with Gasteiger partial charge in [0, 0.05) is 44.3 Å². The molecule has 1 fully saturated rings. The second kappa shape index (κ2) is 13.7. The molecule has 1 N–H and O–H groups in total. The van der Waals surface area contributed by atoms with Crippen LogP contribution in [0.25, 0.3) is 0 Å². The number of halogens is 1. The molecule has 0 spiro atoms. The van der Waals surface area contributed by atoms with Crippen LogP contribution in [0.15, 0.2) is 18.2 Å². The van der Waals surface area contributed by atoms with Crippen LogP contribution >= 0.6 is 12.4 Å². The van der Waals surface area contributed by atoms with E-state index in [9.17, 15) is 4.79 Å². The van der Waals surface area contributed by atoms with Gasteiger partial charge in [-0.2, -0.15) is 0 Å². The van der Waals surface area contributed by atoms with E-state index in [1.54, 1.807) is 7.11 Å². The van der Waals surface area contributed by atoms with E-state index in [-0.39, 0.29) is 36.5 Å². The molecule has 1 saturated heterocycles. The molecule has 1 aromatic carbocycles. The van der Waals surface area contributed by atoms with Crippen molar-refractivity contribution >= 4 is 18.3 Å². The molecule has 1 aromatic rings. The molecule has 2 rings (SSSR count). The summed E-state index contributed by atoms with van der Waals surface area (Å²) < 4.78 is 17.1. The predicted molar refractivity (Wildman–Crippen MR) is 123 cm³/mol. The lowest BCUT2D eigenvalue weighted by atomic mass is 10.0. The first kappa shape index (κ1) is 26.5. The van der Waals surface area contributed by atoms with E-state index in [2.05, 4.69) is 26.1 Å². The molecule has 0 aliphatic carbocycles. The number of benzene rings is 1. The summed E-state index contributed by atoms with van der Waals surface area (Å²) >= 11 is 0. The van der Waals surface area contributed by atoms with Gasteiger partial charge in [0.05, 0.1) is 12.7 Å². The summed E-state index contributed by atoms with van der Waals surface area (Å²) in [5.41, 5.74) is 0.641. The van der Waals surface area contributed by atoms with Crippen molar-refractivity contribution in [2.45, 2.75) is 71.6 Å². The molecule has 0 aromatic heterocycles. The largest absolute Gasteiger partial charge is 0.490 e. The van der Waals surface area contributed by atoms with Crippen molar-refractivity contribution in [1.29, 1.82) is 0 Å². The molecule has 7 heteroatoms. The number of hydrogen-bond donors (Lipinski definition) is 1. The molecule has 1 aliphatic heterocycles. The minimum atomic E-state index is 0. The minimum absolute atomic E-state index is 0. The van der Waals surface area contributed by atoms with Crippen molar-refractivity contribution in [2.24, 2.45) is 0 Å². The summed E-state index contributed by atoms with van der Waals surface area (Å²) in [6.07, 6.45) is 3.89. The third kappa shape index (κ3) is 7.64. The van der Waals surface area contributed by atoms with E-state index in [1.165, 1.54) is 0 Å². The Morgan fingerprint density at radius 3 is 2.60 bits per heavy atom. The lowest BCUT2D eigenvalue weighted by Gasteiger charge is -2.37. The highest BCUT2D eigenvalue weighted by Gasteiger charge is 2.29. The van der Waals surface area contributed by atoms with Crippen LogP contribution in [0, 0.1) is 0 Å². The second-order valence-corrected chi connectivity index (χ2v) is 8.00. The Hall–Kier alpha value is -1.50. The Labute approximate surface area is 188 Å². The summed E-state index contributed by atoms with van der Waals surface area (Å²) in [5, 5.41) is 3.41. The van der Waals surface area contributed by atoms with Crippen LogP contribution in [-0.2, 0) is 4.74 Å². The Kier molecular flexibility index (Phi) is 12.1. The van der Waals surface area contributed by atoms with Gasteiger partial charge >= 0.3 is 0 Å². The number of methoxy groups -OCH3 is 1. The predicted octanol–water partition coefficient (Wildman–Crippen LogP) is 4.30. The van der Waals surface area contributed by atoms with Gasteiger partial charge in [-0.15, -0.1) is 12.4 Å². The Morgan fingerprint density at radius 1 is 1.23 bits per heavy atom. The number of rotatable bonds is 11. The zero-order valence-electron chi connectivity index (χ0n) is 19.1. The van der Waals surface area contributed by atoms with Gasteiger partial charge in [0.15, 0.2) is 11.5 Å². The van der Waals surface area contributed by atoms with E-state index in [1.807, 2.05) is 30.0 Å². The van der Waals surface area contributed by atoms with Crippen LogP contribution in [0.4, 0.5) is 0 Å². The highest BCUT2D eigenvalue weighted by Crippen LogP contribution is 2.31. The average molecular weight is 443 g/mol. The first-order valence-electron chi connectivity index (χ1n) is 10.9. The zero-order chi connectivity index (χ0) is 21.2. The lowest BCUT2D eigenvalue weighted by molar-refractivity contribution is 0.0573. The third-order valence-corrected chi connectivity index (χ3v) is 5.30. The number of hydrogen-bond acceptors (Lipinski definition) is 5. The maximum absolute atomic E-state index is 13.4. The van der Waals surface area contributed by atoms with E-state index < -0.39 is 0 Å². The number of carbonyl (C=O) groups excluding carboxylic acids is 1. The molecule has 0 unspecified atom stereocenters. The maximum atomic E-state index is 13.4. The number of ether oxygens (including phenoxy) is 3. The van der Waals surface area contributed by atoms with Crippen molar-refractivity contribution in [3.8, 4) is 11.5 Å². The molecular formula is C23H39ClN2O4. The summed E-state index contributed by atoms with van der Waals surface area (Å²) in [5.74, 6) is 1.35. The molecule has 2 atom stereocenters. The second-order valence-electron chi connectivity index (χ2n) is 8.00. The zero-order valence-corrected chi connectivity index (χ0v) is 19.9. The van der Waals surface area contributed by atoms with Crippen molar-refractivity contribution in [1.82, 2.24) is 10.2 Å². The van der Waals surface area contributed by atoms with Gasteiger partial charge < -0.3 is 24.4 Å². The first-order chi connectivity index (χ1) is 14.0. The standard InChI is InChI=1S/C23H38N2O4.ClH/c1-6-18(4)29-21-11-10-19(15-22(21)28-14-8-13-27-5)23(26)25(17(2)3)20-9-7-12-24-16-20;/h10-11,15,17-18,20,24H,6-9,12-14,16H2,1-5H3;1H/t18-,20-;/m1./s1. The normalized spacial score (nSPS) is 17.2. The van der Waals surface area contributed by atoms with Crippen molar-refractivity contribution < 1.29 is 19.0 Å². The highest BCUT2D eigenvalue weighted by molar-refractivity contribution is 5.95. The van der Waals surface area contributed by atoms with Crippen LogP contribution in [0.1, 0.15) is 63.7 Å². The van der Waals surface area contributed by atoms with Crippen molar-refractivity contribution in [3.05, 3.63) is 23.8 Å². The van der Waals surface area contributed by atoms with Gasteiger partial charge in [-0.1, -0.05) is 6.92 Å². The van der Waals surface area contributed by atoms with Crippen LogP contribution in [0.5, 0.6) is 11.5 Å². The van der Waals surface area contributed by atoms with E-state index in [0.717, 1.165) is 38.8 Å². The molecule has 1 amide bonds. The van der Waals surface area contributed by atoms with Gasteiger partial charge in [-0.3, -0.25) is 4.79 Å². The van der Waals surface area contributed by atoms with Crippen LogP contribution in [0.2, 0.25) is 0 Å². The van der Waals surface area contributed by atoms with Crippen molar-refractivity contribution in [2.75, 3.05) is 33.4 Å². The minimum Gasteiger partial charge on any atom is -0.490 e. The summed E-state index contributed by atoms with van der Waals surface area (Å²) in [4.78, 5) is 15.4. The SMILES string of the molecule is CC[C@@H](C)Oc1ccc(C(=O)N(C(C)C)[C@@H]2CCCNC2)cc1OCCCOC.Cl. The van der Waals surface area contributed by atoms with Crippen molar-refractivity contribution in [3.63, 3.8) is 0 Å². The Morgan fingerprint density at radius 2 is 2.00 bits per heavy atom. The average Bonchev–Trinajstić information content (AvgIpc) is 2.72. The Balaban J connectivity index is 0.00000450. The molecule has 0 saturated carbocycles. The van der Waals surface area contributed by atoms with Crippen LogP contribution in [0.3, 0.4) is 0 Å². The quantitative estimate of drug-likeness (QED) is 0.517. The van der Waals surface area contributed by atoms with E-state index in [0.29, 0.717) is 30.3 Å². The monoisotopic (exact) mass is 442 g/mol. The number of nitrogens with one attached hydrogen (secondary N) is 1. The Bertz CT molecular complexity index is 636. The fourth-order valence-electron chi connectivity index (χ4n) is 3.58. The van der Waals surface area contributed by atoms with Gasteiger partial charge in [-0.05, 0) is 64.8 Å². The maximum Gasteiger partial charge on any atom is 0.254 e. The van der Waals surface area contributed by atoms with E-state index >= 15 is 0 Å². The third-order valence-electron chi connectivity index (χ3n) is 5.30. The fraction of sp³-hybridized carbons (Fsp3) is 0.696. The van der Waals surface area contributed by atoms with E-state index in [4.69, 9.17) is 14.2 Å². The summed E-state index contributed by atoms with van der Waals surface area (Å²) in [6.45, 7) is 11.3. The molecular weight excluding hydrogens is 404 g/mol. The van der Waals surface area contributed by atoms with Crippen LogP contribution in [-0.4, -0.2) is 62.4 Å². The fourth-order valence-corrected chi connectivity index (χ4v) is 3.58. The number of nitrogens with zero attached hydrogens (tertiary/aromatic N) is 1. The molecule has 1 heterocycles. The molecule has 30 heavy (non-hydrogen) atoms. The lowest BCUT2D eigenvalue weighted by Crippen LogP contribution is -2.51. The first-order valence-corrected chi connectivity index (χ1v) is 10.9. The summed E-state index contributed by atoms with van der Waals surface area (Å²) in [7, 11) is 1.68. The number of amides is 1. The molecule has 1 aliphatic rings. The number of piperidine rings is 1. The summed E-state index contributed by atoms with van der Waals surface area (Å²) in [6, 6.07) is 5.90. The van der Waals surface area contributed by atoms with Crippen LogP contribution < -0.4 is 14.8 Å². The van der Waals surface area contributed by atoms with Gasteiger partial charge in [0.2, 0.25) is 0 Å².